The highest BCUT2D eigenvalue weighted by atomic mass is 35.5. The van der Waals surface area contributed by atoms with Gasteiger partial charge in [0.25, 0.3) is 0 Å². The van der Waals surface area contributed by atoms with Crippen molar-refractivity contribution in [2.75, 3.05) is 31.1 Å². The quantitative estimate of drug-likeness (QED) is 0.915. The maximum absolute atomic E-state index is 12.9. The normalized spacial score (nSPS) is 16.2. The number of nitrogens with zero attached hydrogens (tertiary/aromatic N) is 1. The first-order valence-electron chi connectivity index (χ1n) is 7.30. The van der Waals surface area contributed by atoms with Crippen LogP contribution in [0.4, 0.5) is 10.1 Å². The molecule has 0 bridgehead atoms. The van der Waals surface area contributed by atoms with Gasteiger partial charge in [-0.1, -0.05) is 35.9 Å². The number of piperazine rings is 1. The number of halogens is 2. The third kappa shape index (κ3) is 3.55. The van der Waals surface area contributed by atoms with Gasteiger partial charge in [-0.25, -0.2) is 4.39 Å². The molecule has 2 aromatic rings. The number of hydrogen-bond donors (Lipinski definition) is 1. The Morgan fingerprint density at radius 1 is 1.00 bits per heavy atom. The van der Waals surface area contributed by atoms with Gasteiger partial charge in [-0.2, -0.15) is 0 Å². The average Bonchev–Trinajstić information content (AvgIpc) is 2.51. The molecule has 0 amide bonds. The average molecular weight is 306 g/mol. The molecule has 21 heavy (non-hydrogen) atoms. The summed E-state index contributed by atoms with van der Waals surface area (Å²) in [6.45, 7) is 5.10. The Labute approximate surface area is 129 Å². The Bertz CT molecular complexity index is 592. The summed E-state index contributed by atoms with van der Waals surface area (Å²) in [6, 6.07) is 14.8. The summed E-state index contributed by atoms with van der Waals surface area (Å²) in [5.41, 5.74) is 2.32. The fourth-order valence-corrected chi connectivity index (χ4v) is 3.10. The van der Waals surface area contributed by atoms with Gasteiger partial charge in [0.1, 0.15) is 12.4 Å². The zero-order valence-corrected chi connectivity index (χ0v) is 12.6. The number of nitrogens with one attached hydrogen (secondary N) is 1. The van der Waals surface area contributed by atoms with Gasteiger partial charge < -0.3 is 9.80 Å². The lowest BCUT2D eigenvalue weighted by Crippen LogP contribution is -3.13. The van der Waals surface area contributed by atoms with Crippen LogP contribution >= 0.6 is 11.6 Å². The molecule has 2 nitrogen and oxygen atoms in total. The zero-order valence-electron chi connectivity index (χ0n) is 11.9. The van der Waals surface area contributed by atoms with Crippen LogP contribution in [-0.4, -0.2) is 26.2 Å². The van der Waals surface area contributed by atoms with E-state index in [0.717, 1.165) is 43.4 Å². The first kappa shape index (κ1) is 14.4. The molecule has 1 aliphatic heterocycles. The Balaban J connectivity index is 1.58. The van der Waals surface area contributed by atoms with E-state index < -0.39 is 0 Å². The lowest BCUT2D eigenvalue weighted by atomic mass is 10.2. The number of benzene rings is 2. The predicted octanol–water partition coefficient (Wildman–Crippen LogP) is 2.38. The predicted molar refractivity (Wildman–Crippen MR) is 84.5 cm³/mol. The van der Waals surface area contributed by atoms with Crippen molar-refractivity contribution in [3.05, 3.63) is 64.9 Å². The first-order valence-corrected chi connectivity index (χ1v) is 7.67. The van der Waals surface area contributed by atoms with Crippen molar-refractivity contribution in [2.24, 2.45) is 0 Å². The molecule has 2 aromatic carbocycles. The van der Waals surface area contributed by atoms with Crippen LogP contribution in [0.3, 0.4) is 0 Å². The second-order valence-corrected chi connectivity index (χ2v) is 5.90. The molecule has 4 heteroatoms. The molecule has 0 aliphatic carbocycles. The third-order valence-corrected chi connectivity index (χ3v) is 4.35. The van der Waals surface area contributed by atoms with Gasteiger partial charge in [0.05, 0.1) is 36.9 Å². The Hall–Kier alpha value is -1.58. The van der Waals surface area contributed by atoms with Crippen LogP contribution in [0.5, 0.6) is 0 Å². The second-order valence-electron chi connectivity index (χ2n) is 5.49. The van der Waals surface area contributed by atoms with Gasteiger partial charge in [-0.3, -0.25) is 0 Å². The van der Waals surface area contributed by atoms with Crippen LogP contribution in [0, 0.1) is 5.82 Å². The Kier molecular flexibility index (Phi) is 4.42. The van der Waals surface area contributed by atoms with Crippen molar-refractivity contribution in [1.82, 2.24) is 0 Å². The number of para-hydroxylation sites is 1. The molecular weight excluding hydrogens is 287 g/mol. The van der Waals surface area contributed by atoms with E-state index in [-0.39, 0.29) is 5.82 Å². The van der Waals surface area contributed by atoms with E-state index in [0.29, 0.717) is 0 Å². The van der Waals surface area contributed by atoms with Gasteiger partial charge in [0, 0.05) is 5.56 Å². The van der Waals surface area contributed by atoms with Gasteiger partial charge in [-0.15, -0.1) is 0 Å². The first-order chi connectivity index (χ1) is 10.2. The maximum atomic E-state index is 12.9. The highest BCUT2D eigenvalue weighted by molar-refractivity contribution is 6.33. The molecule has 0 spiro atoms. The molecule has 110 valence electrons. The molecule has 3 rings (SSSR count). The van der Waals surface area contributed by atoms with E-state index in [1.165, 1.54) is 22.6 Å². The molecule has 1 N–H and O–H groups in total. The summed E-state index contributed by atoms with van der Waals surface area (Å²) in [5.74, 6) is -0.169. The minimum atomic E-state index is -0.169. The van der Waals surface area contributed by atoms with Crippen molar-refractivity contribution < 1.29 is 9.29 Å². The van der Waals surface area contributed by atoms with Crippen molar-refractivity contribution in [2.45, 2.75) is 6.54 Å². The van der Waals surface area contributed by atoms with Crippen molar-refractivity contribution in [3.63, 3.8) is 0 Å². The van der Waals surface area contributed by atoms with Gasteiger partial charge in [0.2, 0.25) is 0 Å². The molecule has 0 saturated carbocycles. The topological polar surface area (TPSA) is 7.68 Å². The lowest BCUT2D eigenvalue weighted by molar-refractivity contribution is -0.914. The summed E-state index contributed by atoms with van der Waals surface area (Å²) in [4.78, 5) is 3.88. The Morgan fingerprint density at radius 3 is 2.33 bits per heavy atom. The van der Waals surface area contributed by atoms with Crippen LogP contribution in [0.2, 0.25) is 5.02 Å². The molecular formula is C17H19ClFN2+. The van der Waals surface area contributed by atoms with Crippen molar-refractivity contribution in [1.29, 1.82) is 0 Å². The van der Waals surface area contributed by atoms with E-state index in [4.69, 9.17) is 11.6 Å². The minimum Gasteiger partial charge on any atom is -0.359 e. The van der Waals surface area contributed by atoms with Crippen LogP contribution in [0.1, 0.15) is 5.56 Å². The van der Waals surface area contributed by atoms with Crippen molar-refractivity contribution >= 4 is 17.3 Å². The molecule has 0 aromatic heterocycles. The molecule has 0 atom stereocenters. The SMILES string of the molecule is Fc1ccc(C[NH+]2CCN(c3ccccc3Cl)CC2)cc1. The minimum absolute atomic E-state index is 0.169. The van der Waals surface area contributed by atoms with E-state index in [1.807, 2.05) is 30.3 Å². The fourth-order valence-electron chi connectivity index (χ4n) is 2.84. The van der Waals surface area contributed by atoms with Crippen LogP contribution in [0.25, 0.3) is 0 Å². The zero-order chi connectivity index (χ0) is 14.7. The van der Waals surface area contributed by atoms with Gasteiger partial charge in [-0.05, 0) is 24.3 Å². The van der Waals surface area contributed by atoms with Gasteiger partial charge >= 0.3 is 0 Å². The summed E-state index contributed by atoms with van der Waals surface area (Å²) < 4.78 is 12.9. The number of hydrogen-bond acceptors (Lipinski definition) is 1. The van der Waals surface area contributed by atoms with E-state index in [1.54, 1.807) is 0 Å². The smallest absolute Gasteiger partial charge is 0.123 e. The highest BCUT2D eigenvalue weighted by Crippen LogP contribution is 2.24. The summed E-state index contributed by atoms with van der Waals surface area (Å²) in [7, 11) is 0. The largest absolute Gasteiger partial charge is 0.359 e. The number of anilines is 1. The van der Waals surface area contributed by atoms with Gasteiger partial charge in [0.15, 0.2) is 0 Å². The Morgan fingerprint density at radius 2 is 1.67 bits per heavy atom. The summed E-state index contributed by atoms with van der Waals surface area (Å²) in [5, 5.41) is 0.819. The molecule has 0 radical (unpaired) electrons. The standard InChI is InChI=1S/C17H18ClFN2/c18-16-3-1-2-4-17(16)21-11-9-20(10-12-21)13-14-5-7-15(19)8-6-14/h1-8H,9-13H2/p+1. The van der Waals surface area contributed by atoms with Crippen LogP contribution in [-0.2, 0) is 6.54 Å². The highest BCUT2D eigenvalue weighted by Gasteiger charge is 2.21. The molecule has 1 fully saturated rings. The fraction of sp³-hybridized carbons (Fsp3) is 0.294. The molecule has 1 saturated heterocycles. The third-order valence-electron chi connectivity index (χ3n) is 4.03. The summed E-state index contributed by atoms with van der Waals surface area (Å²) in [6.07, 6.45) is 0. The van der Waals surface area contributed by atoms with E-state index in [2.05, 4.69) is 11.0 Å². The second kappa shape index (κ2) is 6.46. The maximum Gasteiger partial charge on any atom is 0.123 e. The van der Waals surface area contributed by atoms with Crippen LogP contribution in [0.15, 0.2) is 48.5 Å². The van der Waals surface area contributed by atoms with Crippen molar-refractivity contribution in [3.8, 4) is 0 Å². The number of quaternary nitrogens is 1. The monoisotopic (exact) mass is 305 g/mol. The number of rotatable bonds is 3. The van der Waals surface area contributed by atoms with Crippen LogP contribution < -0.4 is 9.80 Å². The lowest BCUT2D eigenvalue weighted by Gasteiger charge is -2.34. The summed E-state index contributed by atoms with van der Waals surface area (Å²) >= 11 is 6.25. The van der Waals surface area contributed by atoms with E-state index >= 15 is 0 Å². The molecule has 1 aliphatic rings. The molecule has 1 heterocycles. The van der Waals surface area contributed by atoms with E-state index in [9.17, 15) is 4.39 Å². The molecule has 0 unspecified atom stereocenters.